The van der Waals surface area contributed by atoms with Crippen LogP contribution in [0.15, 0.2) is 0 Å². The molecule has 98 valence electrons. The highest BCUT2D eigenvalue weighted by Crippen LogP contribution is 2.14. The third-order valence-electron chi connectivity index (χ3n) is 2.37. The fourth-order valence-corrected chi connectivity index (χ4v) is 2.59. The molecule has 1 rings (SSSR count). The molecule has 0 bridgehead atoms. The van der Waals surface area contributed by atoms with Crippen molar-refractivity contribution < 1.29 is 4.74 Å². The molecule has 1 unspecified atom stereocenters. The topological polar surface area (TPSA) is 47.0 Å². The van der Waals surface area contributed by atoms with Gasteiger partial charge in [-0.05, 0) is 5.92 Å². The molecule has 1 aromatic heterocycles. The third kappa shape index (κ3) is 6.10. The highest BCUT2D eigenvalue weighted by Gasteiger charge is 2.09. The SMILES string of the molecule is COCC(C)Cc1nnc(CCNC(C)C)s1. The highest BCUT2D eigenvalue weighted by atomic mass is 32.1. The fourth-order valence-electron chi connectivity index (χ4n) is 1.58. The number of nitrogens with zero attached hydrogens (tertiary/aromatic N) is 2. The monoisotopic (exact) mass is 257 g/mol. The Labute approximate surface area is 108 Å². The van der Waals surface area contributed by atoms with Gasteiger partial charge in [0.05, 0.1) is 0 Å². The van der Waals surface area contributed by atoms with Crippen molar-refractivity contribution in [2.45, 2.75) is 39.7 Å². The van der Waals surface area contributed by atoms with Crippen LogP contribution in [-0.2, 0) is 17.6 Å². The van der Waals surface area contributed by atoms with Gasteiger partial charge in [0.1, 0.15) is 10.0 Å². The van der Waals surface area contributed by atoms with E-state index < -0.39 is 0 Å². The smallest absolute Gasteiger partial charge is 0.118 e. The Hall–Kier alpha value is -0.520. The van der Waals surface area contributed by atoms with E-state index in [2.05, 4.69) is 36.3 Å². The zero-order valence-electron chi connectivity index (χ0n) is 11.2. The van der Waals surface area contributed by atoms with Gasteiger partial charge in [-0.25, -0.2) is 0 Å². The van der Waals surface area contributed by atoms with Crippen LogP contribution in [0.1, 0.15) is 30.8 Å². The van der Waals surface area contributed by atoms with Gasteiger partial charge in [0, 0.05) is 39.1 Å². The Morgan fingerprint density at radius 1 is 1.24 bits per heavy atom. The van der Waals surface area contributed by atoms with Crippen molar-refractivity contribution in [1.82, 2.24) is 15.5 Å². The number of nitrogens with one attached hydrogen (secondary N) is 1. The van der Waals surface area contributed by atoms with Gasteiger partial charge in [-0.15, -0.1) is 21.5 Å². The molecule has 4 nitrogen and oxygen atoms in total. The van der Waals surface area contributed by atoms with E-state index in [0.717, 1.165) is 36.0 Å². The summed E-state index contributed by atoms with van der Waals surface area (Å²) < 4.78 is 5.12. The second-order valence-electron chi connectivity index (χ2n) is 4.71. The lowest BCUT2D eigenvalue weighted by atomic mass is 10.1. The summed E-state index contributed by atoms with van der Waals surface area (Å²) in [5, 5.41) is 14.1. The predicted molar refractivity (Wildman–Crippen MR) is 71.5 cm³/mol. The molecule has 0 saturated carbocycles. The van der Waals surface area contributed by atoms with Crippen LogP contribution >= 0.6 is 11.3 Å². The van der Waals surface area contributed by atoms with E-state index in [9.17, 15) is 0 Å². The van der Waals surface area contributed by atoms with Gasteiger partial charge in [-0.3, -0.25) is 0 Å². The molecule has 5 heteroatoms. The second-order valence-corrected chi connectivity index (χ2v) is 5.86. The maximum absolute atomic E-state index is 5.12. The van der Waals surface area contributed by atoms with Crippen LogP contribution in [0.4, 0.5) is 0 Å². The number of ether oxygens (including phenoxy) is 1. The zero-order chi connectivity index (χ0) is 12.7. The Bertz CT molecular complexity index is 314. The molecule has 1 atom stereocenters. The summed E-state index contributed by atoms with van der Waals surface area (Å²) in [5.41, 5.74) is 0. The molecule has 0 aliphatic rings. The Morgan fingerprint density at radius 3 is 2.59 bits per heavy atom. The Morgan fingerprint density at radius 2 is 1.94 bits per heavy atom. The van der Waals surface area contributed by atoms with E-state index in [4.69, 9.17) is 4.74 Å². The molecule has 1 heterocycles. The number of methoxy groups -OCH3 is 1. The molecule has 0 spiro atoms. The molecule has 0 aromatic carbocycles. The van der Waals surface area contributed by atoms with Gasteiger partial charge in [0.25, 0.3) is 0 Å². The first-order chi connectivity index (χ1) is 8.11. The molecular formula is C12H23N3OS. The molecule has 0 fully saturated rings. The summed E-state index contributed by atoms with van der Waals surface area (Å²) in [6.45, 7) is 8.23. The van der Waals surface area contributed by atoms with E-state index >= 15 is 0 Å². The van der Waals surface area contributed by atoms with E-state index in [1.165, 1.54) is 0 Å². The lowest BCUT2D eigenvalue weighted by Gasteiger charge is -2.06. The van der Waals surface area contributed by atoms with Crippen molar-refractivity contribution in [3.8, 4) is 0 Å². The summed E-state index contributed by atoms with van der Waals surface area (Å²) in [5.74, 6) is 0.509. The Balaban J connectivity index is 2.32. The molecule has 0 amide bonds. The fraction of sp³-hybridized carbons (Fsp3) is 0.833. The minimum absolute atomic E-state index is 0.509. The van der Waals surface area contributed by atoms with Crippen LogP contribution in [0.5, 0.6) is 0 Å². The van der Waals surface area contributed by atoms with Gasteiger partial charge >= 0.3 is 0 Å². The number of hydrogen-bond donors (Lipinski definition) is 1. The minimum atomic E-state index is 0.509. The van der Waals surface area contributed by atoms with Crippen molar-refractivity contribution in [2.24, 2.45) is 5.92 Å². The zero-order valence-corrected chi connectivity index (χ0v) is 12.0. The molecule has 0 saturated heterocycles. The van der Waals surface area contributed by atoms with E-state index in [1.54, 1.807) is 18.4 Å². The maximum Gasteiger partial charge on any atom is 0.118 e. The summed E-state index contributed by atoms with van der Waals surface area (Å²) in [4.78, 5) is 0. The van der Waals surface area contributed by atoms with Gasteiger partial charge in [0.15, 0.2) is 0 Å². The van der Waals surface area contributed by atoms with E-state index in [-0.39, 0.29) is 0 Å². The van der Waals surface area contributed by atoms with Crippen LogP contribution in [0.25, 0.3) is 0 Å². The molecule has 1 N–H and O–H groups in total. The van der Waals surface area contributed by atoms with E-state index in [1.807, 2.05) is 0 Å². The Kier molecular flexibility index (Phi) is 6.62. The molecule has 17 heavy (non-hydrogen) atoms. The second kappa shape index (κ2) is 7.74. The van der Waals surface area contributed by atoms with Gasteiger partial charge in [0.2, 0.25) is 0 Å². The molecule has 0 aliphatic carbocycles. The minimum Gasteiger partial charge on any atom is -0.384 e. The normalized spacial score (nSPS) is 13.2. The van der Waals surface area contributed by atoms with Gasteiger partial charge in [-0.1, -0.05) is 20.8 Å². The summed E-state index contributed by atoms with van der Waals surface area (Å²) in [6, 6.07) is 0.532. The lowest BCUT2D eigenvalue weighted by molar-refractivity contribution is 0.159. The van der Waals surface area contributed by atoms with Crippen molar-refractivity contribution in [2.75, 3.05) is 20.3 Å². The third-order valence-corrected chi connectivity index (χ3v) is 3.38. The largest absolute Gasteiger partial charge is 0.384 e. The van der Waals surface area contributed by atoms with Crippen molar-refractivity contribution >= 4 is 11.3 Å². The van der Waals surface area contributed by atoms with Crippen LogP contribution in [0, 0.1) is 5.92 Å². The molecule has 0 radical (unpaired) electrons. The first-order valence-corrected chi connectivity index (χ1v) is 6.97. The van der Waals surface area contributed by atoms with Crippen molar-refractivity contribution in [1.29, 1.82) is 0 Å². The number of aromatic nitrogens is 2. The highest BCUT2D eigenvalue weighted by molar-refractivity contribution is 7.11. The van der Waals surface area contributed by atoms with Crippen molar-refractivity contribution in [3.63, 3.8) is 0 Å². The van der Waals surface area contributed by atoms with E-state index in [0.29, 0.717) is 12.0 Å². The number of hydrogen-bond acceptors (Lipinski definition) is 5. The lowest BCUT2D eigenvalue weighted by Crippen LogP contribution is -2.24. The van der Waals surface area contributed by atoms with Crippen LogP contribution < -0.4 is 5.32 Å². The molecular weight excluding hydrogens is 234 g/mol. The number of rotatable bonds is 8. The summed E-state index contributed by atoms with van der Waals surface area (Å²) in [6.07, 6.45) is 1.93. The predicted octanol–water partition coefficient (Wildman–Crippen LogP) is 1.90. The first kappa shape index (κ1) is 14.5. The summed E-state index contributed by atoms with van der Waals surface area (Å²) >= 11 is 1.72. The quantitative estimate of drug-likeness (QED) is 0.773. The average Bonchev–Trinajstić information content (AvgIpc) is 2.65. The standard InChI is InChI=1S/C12H23N3OS/c1-9(2)13-6-5-11-14-15-12(17-11)7-10(3)8-16-4/h9-10,13H,5-8H2,1-4H3. The van der Waals surface area contributed by atoms with Gasteiger partial charge < -0.3 is 10.1 Å². The van der Waals surface area contributed by atoms with Crippen LogP contribution in [0.3, 0.4) is 0 Å². The van der Waals surface area contributed by atoms with Crippen LogP contribution in [-0.4, -0.2) is 36.5 Å². The van der Waals surface area contributed by atoms with Crippen molar-refractivity contribution in [3.05, 3.63) is 10.0 Å². The molecule has 0 aliphatic heterocycles. The van der Waals surface area contributed by atoms with Gasteiger partial charge in [-0.2, -0.15) is 0 Å². The average molecular weight is 257 g/mol. The summed E-state index contributed by atoms with van der Waals surface area (Å²) in [7, 11) is 1.74. The molecule has 1 aromatic rings. The van der Waals surface area contributed by atoms with Crippen LogP contribution in [0.2, 0.25) is 0 Å². The first-order valence-electron chi connectivity index (χ1n) is 6.15. The maximum atomic E-state index is 5.12.